The van der Waals surface area contributed by atoms with Crippen molar-refractivity contribution in [1.29, 1.82) is 0 Å². The van der Waals surface area contributed by atoms with Gasteiger partial charge in [0.2, 0.25) is 0 Å². The molecule has 0 aliphatic carbocycles. The number of rotatable bonds is 10. The van der Waals surface area contributed by atoms with E-state index in [1.807, 2.05) is 11.8 Å². The van der Waals surface area contributed by atoms with Crippen molar-refractivity contribution in [2.75, 3.05) is 5.75 Å². The van der Waals surface area contributed by atoms with Crippen LogP contribution in [0.5, 0.6) is 0 Å². The van der Waals surface area contributed by atoms with Crippen molar-refractivity contribution >= 4 is 23.1 Å². The minimum absolute atomic E-state index is 0.888. The zero-order valence-corrected chi connectivity index (χ0v) is 14.7. The van der Waals surface area contributed by atoms with E-state index in [4.69, 9.17) is 0 Å². The lowest BCUT2D eigenvalue weighted by atomic mass is 10.1. The maximum Gasteiger partial charge on any atom is 0.190 e. The molecule has 0 aliphatic heterocycles. The van der Waals surface area contributed by atoms with Gasteiger partial charge in [0.15, 0.2) is 5.16 Å². The fourth-order valence-electron chi connectivity index (χ4n) is 2.24. The highest BCUT2D eigenvalue weighted by Crippen LogP contribution is 2.20. The van der Waals surface area contributed by atoms with Gasteiger partial charge in [0, 0.05) is 24.1 Å². The molecule has 0 saturated carbocycles. The molecule has 0 amide bonds. The average Bonchev–Trinajstić information content (AvgIpc) is 3.11. The Balaban J connectivity index is 1.70. The fourth-order valence-corrected chi connectivity index (χ4v) is 3.87. The molecule has 0 aromatic carbocycles. The lowest BCUT2D eigenvalue weighted by Crippen LogP contribution is -1.99. The summed E-state index contributed by atoms with van der Waals surface area (Å²) in [5, 5.41) is 11.8. The molecule has 21 heavy (non-hydrogen) atoms. The van der Waals surface area contributed by atoms with Gasteiger partial charge < -0.3 is 4.57 Å². The summed E-state index contributed by atoms with van der Waals surface area (Å²) in [4.78, 5) is 1.35. The third-order valence-corrected chi connectivity index (χ3v) is 5.55. The molecule has 0 aliphatic rings. The molecule has 0 fully saturated rings. The molecular weight excluding hydrogens is 298 g/mol. The van der Waals surface area contributed by atoms with Gasteiger partial charge in [-0.1, -0.05) is 56.9 Å². The third-order valence-electron chi connectivity index (χ3n) is 3.57. The quantitative estimate of drug-likeness (QED) is 0.459. The molecule has 2 heterocycles. The van der Waals surface area contributed by atoms with Crippen LogP contribution in [-0.4, -0.2) is 20.5 Å². The van der Waals surface area contributed by atoms with Crippen molar-refractivity contribution in [1.82, 2.24) is 14.8 Å². The van der Waals surface area contributed by atoms with Gasteiger partial charge in [0.1, 0.15) is 5.82 Å². The van der Waals surface area contributed by atoms with E-state index in [1.165, 1.54) is 43.4 Å². The number of aromatic nitrogens is 3. The summed E-state index contributed by atoms with van der Waals surface area (Å²) in [6.07, 6.45) is 8.96. The number of nitrogens with zero attached hydrogens (tertiary/aromatic N) is 3. The van der Waals surface area contributed by atoms with Crippen LogP contribution < -0.4 is 0 Å². The second-order valence-electron chi connectivity index (χ2n) is 5.33. The molecule has 0 atom stereocenters. The first-order valence-corrected chi connectivity index (χ1v) is 9.71. The zero-order valence-electron chi connectivity index (χ0n) is 13.0. The second kappa shape index (κ2) is 9.26. The van der Waals surface area contributed by atoms with Crippen molar-refractivity contribution in [3.05, 3.63) is 28.2 Å². The largest absolute Gasteiger partial charge is 0.309 e. The number of hydrogen-bond donors (Lipinski definition) is 0. The molecule has 2 rings (SSSR count). The number of thioether (sulfide) groups is 1. The summed E-state index contributed by atoms with van der Waals surface area (Å²) in [6, 6.07) is 4.24. The Bertz CT molecular complexity index is 506. The Labute approximate surface area is 136 Å². The molecule has 0 bridgehead atoms. The Morgan fingerprint density at radius 2 is 1.95 bits per heavy atom. The first-order valence-electron chi connectivity index (χ1n) is 7.84. The van der Waals surface area contributed by atoms with Crippen LogP contribution in [0.3, 0.4) is 0 Å². The summed E-state index contributed by atoms with van der Waals surface area (Å²) in [5.74, 6) is 2.21. The van der Waals surface area contributed by atoms with Crippen LogP contribution in [0, 0.1) is 0 Å². The van der Waals surface area contributed by atoms with Gasteiger partial charge >= 0.3 is 0 Å². The van der Waals surface area contributed by atoms with E-state index in [-0.39, 0.29) is 0 Å². The van der Waals surface area contributed by atoms with Gasteiger partial charge in [-0.05, 0) is 17.9 Å². The molecule has 2 aromatic heterocycles. The minimum atomic E-state index is 0.888. The summed E-state index contributed by atoms with van der Waals surface area (Å²) < 4.78 is 2.14. The van der Waals surface area contributed by atoms with Gasteiger partial charge in [-0.15, -0.1) is 21.5 Å². The highest BCUT2D eigenvalue weighted by molar-refractivity contribution is 7.99. The predicted octanol–water partition coefficient (Wildman–Crippen LogP) is 4.92. The van der Waals surface area contributed by atoms with Crippen molar-refractivity contribution in [3.8, 4) is 0 Å². The molecule has 116 valence electrons. The number of thiophene rings is 1. The summed E-state index contributed by atoms with van der Waals surface area (Å²) in [6.45, 7) is 2.26. The zero-order chi connectivity index (χ0) is 14.9. The Hall–Kier alpha value is -0.810. The lowest BCUT2D eigenvalue weighted by molar-refractivity contribution is 0.626. The highest BCUT2D eigenvalue weighted by atomic mass is 32.2. The molecule has 5 heteroatoms. The van der Waals surface area contributed by atoms with Crippen molar-refractivity contribution in [2.24, 2.45) is 7.05 Å². The Kier molecular flexibility index (Phi) is 7.30. The summed E-state index contributed by atoms with van der Waals surface area (Å²) in [5.41, 5.74) is 0. The van der Waals surface area contributed by atoms with Crippen LogP contribution in [0.1, 0.15) is 56.2 Å². The van der Waals surface area contributed by atoms with Crippen LogP contribution in [-0.2, 0) is 13.5 Å². The third kappa shape index (κ3) is 5.47. The normalized spacial score (nSPS) is 11.1. The molecule has 2 aromatic rings. The maximum atomic E-state index is 4.33. The Morgan fingerprint density at radius 3 is 2.71 bits per heavy atom. The monoisotopic (exact) mass is 323 g/mol. The topological polar surface area (TPSA) is 30.7 Å². The van der Waals surface area contributed by atoms with Gasteiger partial charge in [-0.2, -0.15) is 0 Å². The Morgan fingerprint density at radius 1 is 1.14 bits per heavy atom. The predicted molar refractivity (Wildman–Crippen MR) is 92.2 cm³/mol. The summed E-state index contributed by atoms with van der Waals surface area (Å²) >= 11 is 3.62. The molecule has 0 spiro atoms. The van der Waals surface area contributed by atoms with E-state index >= 15 is 0 Å². The van der Waals surface area contributed by atoms with Crippen LogP contribution in [0.4, 0.5) is 0 Å². The van der Waals surface area contributed by atoms with Crippen LogP contribution in [0.15, 0.2) is 22.7 Å². The van der Waals surface area contributed by atoms with E-state index in [0.717, 1.165) is 23.2 Å². The van der Waals surface area contributed by atoms with E-state index < -0.39 is 0 Å². The van der Waals surface area contributed by atoms with Gasteiger partial charge in [-0.25, -0.2) is 0 Å². The van der Waals surface area contributed by atoms with Crippen LogP contribution in [0.25, 0.3) is 0 Å². The molecule has 3 nitrogen and oxygen atoms in total. The standard InChI is InChI=1S/C16H25N3S2/c1-3-4-5-6-7-8-11-21-16-18-17-15(19(16)2)13-14-10-9-12-20-14/h9-10,12H,3-8,11,13H2,1-2H3. The van der Waals surface area contributed by atoms with E-state index in [0.29, 0.717) is 0 Å². The van der Waals surface area contributed by atoms with Crippen molar-refractivity contribution in [2.45, 2.75) is 57.0 Å². The molecule has 0 N–H and O–H groups in total. The second-order valence-corrected chi connectivity index (χ2v) is 7.42. The van der Waals surface area contributed by atoms with Crippen LogP contribution in [0.2, 0.25) is 0 Å². The maximum absolute atomic E-state index is 4.33. The van der Waals surface area contributed by atoms with E-state index in [2.05, 4.69) is 46.2 Å². The lowest BCUT2D eigenvalue weighted by Gasteiger charge is -2.03. The smallest absolute Gasteiger partial charge is 0.190 e. The van der Waals surface area contributed by atoms with E-state index in [9.17, 15) is 0 Å². The summed E-state index contributed by atoms with van der Waals surface area (Å²) in [7, 11) is 2.08. The van der Waals surface area contributed by atoms with Gasteiger partial charge in [0.05, 0.1) is 0 Å². The van der Waals surface area contributed by atoms with Gasteiger partial charge in [0.25, 0.3) is 0 Å². The molecule has 0 saturated heterocycles. The van der Waals surface area contributed by atoms with Gasteiger partial charge in [-0.3, -0.25) is 0 Å². The van der Waals surface area contributed by atoms with E-state index in [1.54, 1.807) is 11.3 Å². The number of unbranched alkanes of at least 4 members (excludes halogenated alkanes) is 5. The van der Waals surface area contributed by atoms with Crippen molar-refractivity contribution in [3.63, 3.8) is 0 Å². The molecule has 0 radical (unpaired) electrons. The fraction of sp³-hybridized carbons (Fsp3) is 0.625. The molecule has 0 unspecified atom stereocenters. The van der Waals surface area contributed by atoms with Crippen molar-refractivity contribution < 1.29 is 0 Å². The first kappa shape index (κ1) is 16.6. The molecular formula is C16H25N3S2. The van der Waals surface area contributed by atoms with Crippen LogP contribution >= 0.6 is 23.1 Å². The first-order chi connectivity index (χ1) is 10.3. The SMILES string of the molecule is CCCCCCCCSc1nnc(Cc2cccs2)n1C. The average molecular weight is 324 g/mol. The highest BCUT2D eigenvalue weighted by Gasteiger charge is 2.09. The minimum Gasteiger partial charge on any atom is -0.309 e. The number of hydrogen-bond acceptors (Lipinski definition) is 4.